The third-order valence-corrected chi connectivity index (χ3v) is 9.67. The number of piperazine rings is 1. The molecule has 1 atom stereocenters. The molecule has 2 aliphatic carbocycles. The lowest BCUT2D eigenvalue weighted by atomic mass is 9.82. The molecule has 0 amide bonds. The van der Waals surface area contributed by atoms with Crippen LogP contribution in [0.1, 0.15) is 71.1 Å². The van der Waals surface area contributed by atoms with Crippen LogP contribution in [0.2, 0.25) is 0 Å². The molecule has 0 radical (unpaired) electrons. The highest BCUT2D eigenvalue weighted by Gasteiger charge is 2.28. The fourth-order valence-electron chi connectivity index (χ4n) is 6.38. The Kier molecular flexibility index (Phi) is 12.2. The first-order valence-corrected chi connectivity index (χ1v) is 17.3. The second-order valence-corrected chi connectivity index (χ2v) is 13.9. The smallest absolute Gasteiger partial charge is 0.326 e. The van der Waals surface area contributed by atoms with Crippen molar-refractivity contribution in [2.75, 3.05) is 74.5 Å². The average Bonchev–Trinajstić information content (AvgIpc) is 2.93. The van der Waals surface area contributed by atoms with E-state index in [0.717, 1.165) is 38.1 Å². The Balaban J connectivity index is 1.11. The molecule has 1 aliphatic heterocycles. The van der Waals surface area contributed by atoms with Crippen LogP contribution in [-0.4, -0.2) is 100 Å². The lowest BCUT2D eigenvalue weighted by Crippen LogP contribution is -2.53. The van der Waals surface area contributed by atoms with E-state index in [1.54, 1.807) is 0 Å². The summed E-state index contributed by atoms with van der Waals surface area (Å²) in [7, 11) is -4.00. The summed E-state index contributed by atoms with van der Waals surface area (Å²) in [5, 5.41) is 10.8. The molecule has 3 fully saturated rings. The first kappa shape index (κ1) is 31.4. The number of hydrogen-bond donors (Lipinski definition) is 6. The zero-order valence-corrected chi connectivity index (χ0v) is 25.2. The predicted octanol–water partition coefficient (Wildman–Crippen LogP) is 2.26. The first-order chi connectivity index (χ1) is 19.2. The summed E-state index contributed by atoms with van der Waals surface area (Å²) >= 11 is 0. The summed E-state index contributed by atoms with van der Waals surface area (Å²) in [4.78, 5) is 35.9. The van der Waals surface area contributed by atoms with Gasteiger partial charge in [-0.3, -0.25) is 9.46 Å². The molecule has 0 unspecified atom stereocenters. The van der Waals surface area contributed by atoms with E-state index in [1.165, 1.54) is 64.2 Å². The van der Waals surface area contributed by atoms with Crippen molar-refractivity contribution < 1.29 is 14.4 Å². The zero-order valence-electron chi connectivity index (χ0n) is 24.3. The molecule has 228 valence electrons. The molecular weight excluding hydrogens is 529 g/mol. The maximum atomic E-state index is 11.3. The molecule has 1 aromatic rings. The van der Waals surface area contributed by atoms with Gasteiger partial charge in [0.15, 0.2) is 0 Å². The quantitative estimate of drug-likeness (QED) is 0.140. The van der Waals surface area contributed by atoms with Gasteiger partial charge in [-0.15, -0.1) is 0 Å². The van der Waals surface area contributed by atoms with Crippen LogP contribution in [0.4, 0.5) is 17.8 Å². The minimum atomic E-state index is -4.00. The molecule has 7 N–H and O–H groups in total. The van der Waals surface area contributed by atoms with Crippen molar-refractivity contribution in [2.24, 2.45) is 11.8 Å². The Labute approximate surface area is 239 Å². The van der Waals surface area contributed by atoms with Gasteiger partial charge in [0.1, 0.15) is 0 Å². The number of nitrogens with zero attached hydrogens (tertiary/aromatic N) is 5. The molecule has 1 saturated heterocycles. The topological polar surface area (TPSA) is 165 Å². The van der Waals surface area contributed by atoms with Crippen molar-refractivity contribution in [3.63, 3.8) is 0 Å². The minimum Gasteiger partial charge on any atom is -0.368 e. The highest BCUT2D eigenvalue weighted by Crippen LogP contribution is 2.34. The van der Waals surface area contributed by atoms with Crippen LogP contribution in [0.3, 0.4) is 0 Å². The van der Waals surface area contributed by atoms with E-state index in [0.29, 0.717) is 44.0 Å². The second-order valence-electron chi connectivity index (χ2n) is 12.2. The lowest BCUT2D eigenvalue weighted by Gasteiger charge is -2.39. The van der Waals surface area contributed by atoms with Gasteiger partial charge in [-0.1, -0.05) is 19.3 Å². The first-order valence-electron chi connectivity index (χ1n) is 15.5. The molecule has 2 heterocycles. The summed E-state index contributed by atoms with van der Waals surface area (Å²) in [5.41, 5.74) is 6.03. The van der Waals surface area contributed by atoms with Crippen LogP contribution in [0.25, 0.3) is 0 Å². The molecule has 12 nitrogen and oxygen atoms in total. The standard InChI is InChI=1S/C27H52N9O3P/c1-21-20-36(15-14-35(21)16-17-40(37,38)39)27-33-25(28)32-26(34-27)31-19-23-10-8-22(9-11-23)18-29-12-5-13-30-24-6-3-2-4-7-24/h21-24,29-30H,2-20H2,1H3,(H2,37,38,39)(H3,28,31,32,33,34)/t21-,22?,23?/m1/s1. The zero-order chi connectivity index (χ0) is 28.4. The summed E-state index contributed by atoms with van der Waals surface area (Å²) in [6.45, 7) is 8.65. The van der Waals surface area contributed by atoms with Crippen LogP contribution in [-0.2, 0) is 4.57 Å². The second kappa shape index (κ2) is 15.6. The third kappa shape index (κ3) is 10.7. The monoisotopic (exact) mass is 581 g/mol. The molecule has 13 heteroatoms. The van der Waals surface area contributed by atoms with E-state index in [9.17, 15) is 14.4 Å². The van der Waals surface area contributed by atoms with Gasteiger partial charge in [0, 0.05) is 44.8 Å². The van der Waals surface area contributed by atoms with Crippen LogP contribution in [0, 0.1) is 11.8 Å². The van der Waals surface area contributed by atoms with E-state index < -0.39 is 7.60 Å². The van der Waals surface area contributed by atoms with Crippen LogP contribution in [0.5, 0.6) is 0 Å². The highest BCUT2D eigenvalue weighted by atomic mass is 31.2. The Hall–Kier alpha value is -1.56. The van der Waals surface area contributed by atoms with E-state index in [2.05, 4.69) is 47.6 Å². The van der Waals surface area contributed by atoms with Crippen molar-refractivity contribution in [2.45, 2.75) is 83.2 Å². The van der Waals surface area contributed by atoms with Crippen LogP contribution in [0.15, 0.2) is 0 Å². The average molecular weight is 582 g/mol. The number of hydrogen-bond acceptors (Lipinski definition) is 10. The van der Waals surface area contributed by atoms with Crippen LogP contribution >= 0.6 is 7.60 Å². The van der Waals surface area contributed by atoms with Gasteiger partial charge in [0.05, 0.1) is 6.16 Å². The minimum absolute atomic E-state index is 0.123. The van der Waals surface area contributed by atoms with E-state index in [1.807, 2.05) is 0 Å². The number of nitrogens with two attached hydrogens (primary N) is 1. The lowest BCUT2D eigenvalue weighted by molar-refractivity contribution is 0.196. The molecule has 2 saturated carbocycles. The number of nitrogen functional groups attached to an aromatic ring is 1. The van der Waals surface area contributed by atoms with Gasteiger partial charge >= 0.3 is 7.60 Å². The van der Waals surface area contributed by atoms with Gasteiger partial charge in [0.25, 0.3) is 0 Å². The number of rotatable bonds is 14. The van der Waals surface area contributed by atoms with Crippen LogP contribution < -0.4 is 26.6 Å². The van der Waals surface area contributed by atoms with Crippen molar-refractivity contribution >= 4 is 25.4 Å². The van der Waals surface area contributed by atoms with Crippen molar-refractivity contribution in [1.29, 1.82) is 0 Å². The third-order valence-electron chi connectivity index (χ3n) is 8.88. The normalized spacial score (nSPS) is 25.3. The summed E-state index contributed by atoms with van der Waals surface area (Å²) < 4.78 is 11.3. The van der Waals surface area contributed by atoms with Gasteiger partial charge < -0.3 is 36.4 Å². The van der Waals surface area contributed by atoms with E-state index >= 15 is 0 Å². The fraction of sp³-hybridized carbons (Fsp3) is 0.889. The number of aromatic nitrogens is 3. The maximum Gasteiger partial charge on any atom is 0.326 e. The number of nitrogens with one attached hydrogen (secondary N) is 3. The summed E-state index contributed by atoms with van der Waals surface area (Å²) in [6.07, 6.45) is 12.9. The molecule has 4 rings (SSSR count). The number of anilines is 3. The Morgan fingerprint density at radius 1 is 0.950 bits per heavy atom. The van der Waals surface area contributed by atoms with Gasteiger partial charge in [0.2, 0.25) is 17.8 Å². The SMILES string of the molecule is C[C@@H]1CN(c2nc(N)nc(NCC3CCC(CNCCCNC4CCCCC4)CC3)n2)CCN1CCP(=O)(O)O. The molecule has 1 aromatic heterocycles. The van der Waals surface area contributed by atoms with E-state index in [4.69, 9.17) is 5.73 Å². The summed E-state index contributed by atoms with van der Waals surface area (Å²) in [5.74, 6) is 2.65. The Morgan fingerprint density at radius 2 is 1.68 bits per heavy atom. The fourth-order valence-corrected chi connectivity index (χ4v) is 6.89. The van der Waals surface area contributed by atoms with Gasteiger partial charge in [-0.2, -0.15) is 15.0 Å². The molecule has 0 aromatic carbocycles. The van der Waals surface area contributed by atoms with Gasteiger partial charge in [-0.25, -0.2) is 0 Å². The van der Waals surface area contributed by atoms with E-state index in [-0.39, 0.29) is 18.2 Å². The Morgan fingerprint density at radius 3 is 2.38 bits per heavy atom. The highest BCUT2D eigenvalue weighted by molar-refractivity contribution is 7.51. The molecule has 0 spiro atoms. The van der Waals surface area contributed by atoms with Crippen molar-refractivity contribution in [3.8, 4) is 0 Å². The van der Waals surface area contributed by atoms with Gasteiger partial charge in [-0.05, 0) is 83.3 Å². The van der Waals surface area contributed by atoms with Crippen molar-refractivity contribution in [3.05, 3.63) is 0 Å². The van der Waals surface area contributed by atoms with Crippen molar-refractivity contribution in [1.82, 2.24) is 30.5 Å². The molecule has 40 heavy (non-hydrogen) atoms. The Bertz CT molecular complexity index is 938. The predicted molar refractivity (Wildman–Crippen MR) is 161 cm³/mol. The summed E-state index contributed by atoms with van der Waals surface area (Å²) in [6, 6.07) is 0.880. The molecular formula is C27H52N9O3P. The molecule has 3 aliphatic rings. The molecule has 0 bridgehead atoms. The maximum absolute atomic E-state index is 11.3. The largest absolute Gasteiger partial charge is 0.368 e.